The summed E-state index contributed by atoms with van der Waals surface area (Å²) in [4.78, 5) is 12.6. The Morgan fingerprint density at radius 1 is 0.964 bits per heavy atom. The number of halogens is 1. The molecule has 0 unspecified atom stereocenters. The highest BCUT2D eigenvalue weighted by molar-refractivity contribution is 6.31. The maximum Gasteiger partial charge on any atom is 0.255 e. The van der Waals surface area contributed by atoms with Gasteiger partial charge in [-0.05, 0) is 47.9 Å². The molecule has 3 aromatic carbocycles. The molecule has 0 aliphatic heterocycles. The fourth-order valence-corrected chi connectivity index (χ4v) is 2.92. The highest BCUT2D eigenvalue weighted by Gasteiger charge is 2.13. The second kappa shape index (κ2) is 9.81. The lowest BCUT2D eigenvalue weighted by molar-refractivity contribution is 0.0949. The largest absolute Gasteiger partial charge is 0.497 e. The summed E-state index contributed by atoms with van der Waals surface area (Å²) in [6.45, 7) is 0.893. The number of ether oxygens (including phenoxy) is 2. The molecule has 3 rings (SSSR count). The van der Waals surface area contributed by atoms with E-state index in [1.807, 2.05) is 54.6 Å². The van der Waals surface area contributed by atoms with Crippen LogP contribution in [-0.4, -0.2) is 19.6 Å². The lowest BCUT2D eigenvalue weighted by atomic mass is 10.1. The fourth-order valence-electron chi connectivity index (χ4n) is 2.75. The van der Waals surface area contributed by atoms with E-state index in [-0.39, 0.29) is 5.91 Å². The number of benzene rings is 3. The standard InChI is InChI=1S/C23H22ClNO3/c1-27-20-10-7-17(8-11-20)13-14-25-23(26)21-15-19(24)9-12-22(21)28-16-18-5-3-2-4-6-18/h2-12,15H,13-14,16H2,1H3,(H,25,26). The predicted octanol–water partition coefficient (Wildman–Crippen LogP) is 4.90. The average molecular weight is 396 g/mol. The molecule has 0 saturated carbocycles. The van der Waals surface area contributed by atoms with Gasteiger partial charge in [-0.3, -0.25) is 4.79 Å². The molecule has 0 bridgehead atoms. The first-order valence-corrected chi connectivity index (χ1v) is 9.41. The average Bonchev–Trinajstić information content (AvgIpc) is 2.74. The van der Waals surface area contributed by atoms with E-state index in [2.05, 4.69) is 5.32 Å². The van der Waals surface area contributed by atoms with E-state index in [0.29, 0.717) is 29.5 Å². The summed E-state index contributed by atoms with van der Waals surface area (Å²) in [5, 5.41) is 3.43. The smallest absolute Gasteiger partial charge is 0.255 e. The SMILES string of the molecule is COc1ccc(CCNC(=O)c2cc(Cl)ccc2OCc2ccccc2)cc1. The minimum atomic E-state index is -0.209. The number of amides is 1. The molecule has 0 fully saturated rings. The predicted molar refractivity (Wildman–Crippen MR) is 111 cm³/mol. The van der Waals surface area contributed by atoms with Crippen LogP contribution in [0.25, 0.3) is 0 Å². The van der Waals surface area contributed by atoms with Crippen LogP contribution in [-0.2, 0) is 13.0 Å². The van der Waals surface area contributed by atoms with Crippen molar-refractivity contribution in [3.63, 3.8) is 0 Å². The van der Waals surface area contributed by atoms with Gasteiger partial charge < -0.3 is 14.8 Å². The van der Waals surface area contributed by atoms with Gasteiger partial charge in [0.15, 0.2) is 0 Å². The number of carbonyl (C=O) groups excluding carboxylic acids is 1. The van der Waals surface area contributed by atoms with E-state index in [1.165, 1.54) is 0 Å². The van der Waals surface area contributed by atoms with Crippen molar-refractivity contribution in [1.82, 2.24) is 5.32 Å². The Labute approximate surface area is 170 Å². The summed E-state index contributed by atoms with van der Waals surface area (Å²) in [6.07, 6.45) is 0.719. The lowest BCUT2D eigenvalue weighted by Crippen LogP contribution is -2.26. The molecule has 1 N–H and O–H groups in total. The van der Waals surface area contributed by atoms with Crippen molar-refractivity contribution in [2.24, 2.45) is 0 Å². The third kappa shape index (κ3) is 5.51. The van der Waals surface area contributed by atoms with Gasteiger partial charge in [-0.2, -0.15) is 0 Å². The minimum absolute atomic E-state index is 0.209. The fraction of sp³-hybridized carbons (Fsp3) is 0.174. The molecule has 1 amide bonds. The Balaban J connectivity index is 1.60. The van der Waals surface area contributed by atoms with Crippen molar-refractivity contribution in [3.05, 3.63) is 94.5 Å². The molecule has 28 heavy (non-hydrogen) atoms. The van der Waals surface area contributed by atoms with E-state index in [4.69, 9.17) is 21.1 Å². The molecular weight excluding hydrogens is 374 g/mol. The van der Waals surface area contributed by atoms with Gasteiger partial charge >= 0.3 is 0 Å². The lowest BCUT2D eigenvalue weighted by Gasteiger charge is -2.12. The highest BCUT2D eigenvalue weighted by atomic mass is 35.5. The summed E-state index contributed by atoms with van der Waals surface area (Å²) in [6, 6.07) is 22.7. The molecule has 0 aliphatic carbocycles. The second-order valence-electron chi connectivity index (χ2n) is 6.27. The van der Waals surface area contributed by atoms with Gasteiger partial charge in [0, 0.05) is 11.6 Å². The Morgan fingerprint density at radius 2 is 1.71 bits per heavy atom. The summed E-state index contributed by atoms with van der Waals surface area (Å²) < 4.78 is 11.0. The Hall–Kier alpha value is -2.98. The van der Waals surface area contributed by atoms with E-state index in [0.717, 1.165) is 23.3 Å². The highest BCUT2D eigenvalue weighted by Crippen LogP contribution is 2.24. The third-order valence-electron chi connectivity index (χ3n) is 4.28. The van der Waals surface area contributed by atoms with Gasteiger partial charge in [-0.15, -0.1) is 0 Å². The first kappa shape index (κ1) is 19.8. The van der Waals surface area contributed by atoms with Crippen LogP contribution in [0.2, 0.25) is 5.02 Å². The van der Waals surface area contributed by atoms with Crippen molar-refractivity contribution in [1.29, 1.82) is 0 Å². The quantitative estimate of drug-likeness (QED) is 0.590. The Kier molecular flexibility index (Phi) is 6.93. The monoisotopic (exact) mass is 395 g/mol. The molecule has 0 spiro atoms. The van der Waals surface area contributed by atoms with Crippen molar-refractivity contribution in [2.75, 3.05) is 13.7 Å². The van der Waals surface area contributed by atoms with Crippen molar-refractivity contribution in [3.8, 4) is 11.5 Å². The van der Waals surface area contributed by atoms with E-state index < -0.39 is 0 Å². The number of carbonyl (C=O) groups is 1. The van der Waals surface area contributed by atoms with Crippen molar-refractivity contribution >= 4 is 17.5 Å². The normalized spacial score (nSPS) is 10.4. The van der Waals surface area contributed by atoms with Crippen molar-refractivity contribution < 1.29 is 14.3 Å². The minimum Gasteiger partial charge on any atom is -0.497 e. The second-order valence-corrected chi connectivity index (χ2v) is 6.71. The molecule has 0 radical (unpaired) electrons. The van der Waals surface area contributed by atoms with Gasteiger partial charge in [-0.1, -0.05) is 54.1 Å². The van der Waals surface area contributed by atoms with E-state index in [9.17, 15) is 4.79 Å². The zero-order valence-corrected chi connectivity index (χ0v) is 16.4. The topological polar surface area (TPSA) is 47.6 Å². The van der Waals surface area contributed by atoms with Gasteiger partial charge in [0.05, 0.1) is 12.7 Å². The van der Waals surface area contributed by atoms with Gasteiger partial charge in [0.25, 0.3) is 5.91 Å². The van der Waals surface area contributed by atoms with Gasteiger partial charge in [-0.25, -0.2) is 0 Å². The molecule has 0 heterocycles. The summed E-state index contributed by atoms with van der Waals surface area (Å²) in [7, 11) is 1.64. The van der Waals surface area contributed by atoms with Crippen LogP contribution in [0.15, 0.2) is 72.8 Å². The molecule has 3 aromatic rings. The van der Waals surface area contributed by atoms with Gasteiger partial charge in [0.1, 0.15) is 18.1 Å². The van der Waals surface area contributed by atoms with Crippen LogP contribution in [0.5, 0.6) is 11.5 Å². The molecule has 0 aliphatic rings. The maximum absolute atomic E-state index is 12.6. The van der Waals surface area contributed by atoms with Crippen LogP contribution in [0.1, 0.15) is 21.5 Å². The number of hydrogen-bond donors (Lipinski definition) is 1. The number of rotatable bonds is 8. The number of methoxy groups -OCH3 is 1. The molecule has 0 atom stereocenters. The van der Waals surface area contributed by atoms with Crippen LogP contribution in [0, 0.1) is 0 Å². The number of nitrogens with one attached hydrogen (secondary N) is 1. The van der Waals surface area contributed by atoms with E-state index in [1.54, 1.807) is 25.3 Å². The van der Waals surface area contributed by atoms with Crippen LogP contribution >= 0.6 is 11.6 Å². The first-order chi connectivity index (χ1) is 13.7. The molecule has 0 aromatic heterocycles. The maximum atomic E-state index is 12.6. The first-order valence-electron chi connectivity index (χ1n) is 9.03. The molecular formula is C23H22ClNO3. The van der Waals surface area contributed by atoms with Gasteiger partial charge in [0.2, 0.25) is 0 Å². The Bertz CT molecular complexity index is 911. The zero-order valence-electron chi connectivity index (χ0n) is 15.7. The Morgan fingerprint density at radius 3 is 2.43 bits per heavy atom. The zero-order chi connectivity index (χ0) is 19.8. The van der Waals surface area contributed by atoms with Crippen LogP contribution in [0.3, 0.4) is 0 Å². The number of hydrogen-bond acceptors (Lipinski definition) is 3. The van der Waals surface area contributed by atoms with Crippen LogP contribution < -0.4 is 14.8 Å². The van der Waals surface area contributed by atoms with E-state index >= 15 is 0 Å². The molecule has 4 nitrogen and oxygen atoms in total. The summed E-state index contributed by atoms with van der Waals surface area (Å²) in [5.74, 6) is 1.11. The summed E-state index contributed by atoms with van der Waals surface area (Å²) >= 11 is 6.09. The van der Waals surface area contributed by atoms with Crippen LogP contribution in [0.4, 0.5) is 0 Å². The summed E-state index contributed by atoms with van der Waals surface area (Å²) in [5.41, 5.74) is 2.58. The third-order valence-corrected chi connectivity index (χ3v) is 4.52. The van der Waals surface area contributed by atoms with Crippen molar-refractivity contribution in [2.45, 2.75) is 13.0 Å². The molecule has 0 saturated heterocycles. The molecule has 144 valence electrons. The molecule has 5 heteroatoms.